The van der Waals surface area contributed by atoms with Gasteiger partial charge >= 0.3 is 0 Å². The van der Waals surface area contributed by atoms with Gasteiger partial charge in [0.15, 0.2) is 0 Å². The van der Waals surface area contributed by atoms with Gasteiger partial charge in [0, 0.05) is 24.0 Å². The van der Waals surface area contributed by atoms with Crippen molar-refractivity contribution in [3.63, 3.8) is 0 Å². The second kappa shape index (κ2) is 5.30. The molecule has 0 saturated carbocycles. The van der Waals surface area contributed by atoms with Crippen molar-refractivity contribution in [2.75, 3.05) is 18.1 Å². The normalized spacial score (nSPS) is 20.1. The van der Waals surface area contributed by atoms with Gasteiger partial charge in [-0.15, -0.1) is 0 Å². The summed E-state index contributed by atoms with van der Waals surface area (Å²) in [7, 11) is 0. The number of fused-ring (bicyclic) bond motifs is 6. The Morgan fingerprint density at radius 2 is 1.93 bits per heavy atom. The highest BCUT2D eigenvalue weighted by molar-refractivity contribution is 5.85. The molecule has 2 aromatic carbocycles. The van der Waals surface area contributed by atoms with E-state index in [-0.39, 0.29) is 5.41 Å². The Morgan fingerprint density at radius 3 is 2.85 bits per heavy atom. The largest absolute Gasteiger partial charge is 0.492 e. The molecule has 0 amide bonds. The molecule has 132 valence electrons. The molecule has 1 spiro atoms. The lowest BCUT2D eigenvalue weighted by molar-refractivity contribution is 0.298. The molecule has 2 aromatic heterocycles. The number of benzene rings is 2. The number of anilines is 1. The molecule has 0 radical (unpaired) electrons. The standard InChI is InChI=1S/C21H16N4O2/c1-2-7-17-15(6-1)21(12-25(17)11-14-5-3-4-10-22-14)13-26-18-9-8-16-20(19(18)21)24-27-23-16/h1-10H,11-13H2. The van der Waals surface area contributed by atoms with E-state index in [9.17, 15) is 0 Å². The number of aromatic nitrogens is 3. The molecule has 4 aromatic rings. The molecule has 4 heterocycles. The van der Waals surface area contributed by atoms with Gasteiger partial charge in [0.2, 0.25) is 0 Å². The van der Waals surface area contributed by atoms with Crippen molar-refractivity contribution in [2.24, 2.45) is 0 Å². The summed E-state index contributed by atoms with van der Waals surface area (Å²) >= 11 is 0. The molecule has 0 N–H and O–H groups in total. The number of nitrogens with zero attached hydrogens (tertiary/aromatic N) is 4. The minimum absolute atomic E-state index is 0.279. The summed E-state index contributed by atoms with van der Waals surface area (Å²) in [5.74, 6) is 0.868. The molecule has 1 unspecified atom stereocenters. The van der Waals surface area contributed by atoms with Crippen molar-refractivity contribution in [3.8, 4) is 5.75 Å². The molecular weight excluding hydrogens is 340 g/mol. The van der Waals surface area contributed by atoms with Gasteiger partial charge in [0.05, 0.1) is 17.7 Å². The average molecular weight is 356 g/mol. The minimum Gasteiger partial charge on any atom is -0.492 e. The molecule has 27 heavy (non-hydrogen) atoms. The fraction of sp³-hybridized carbons (Fsp3) is 0.190. The Morgan fingerprint density at radius 1 is 1.00 bits per heavy atom. The smallest absolute Gasteiger partial charge is 0.143 e. The highest BCUT2D eigenvalue weighted by Gasteiger charge is 2.51. The van der Waals surface area contributed by atoms with Crippen LogP contribution in [0.1, 0.15) is 16.8 Å². The van der Waals surface area contributed by atoms with Crippen molar-refractivity contribution in [2.45, 2.75) is 12.0 Å². The lowest BCUT2D eigenvalue weighted by atomic mass is 9.77. The molecule has 0 fully saturated rings. The van der Waals surface area contributed by atoms with Gasteiger partial charge in [0.1, 0.15) is 23.4 Å². The Kier molecular flexibility index (Phi) is 2.89. The van der Waals surface area contributed by atoms with Crippen LogP contribution in [-0.4, -0.2) is 28.4 Å². The van der Waals surface area contributed by atoms with Crippen LogP contribution in [0.2, 0.25) is 0 Å². The van der Waals surface area contributed by atoms with Crippen molar-refractivity contribution >= 4 is 16.7 Å². The van der Waals surface area contributed by atoms with Gasteiger partial charge in [-0.2, -0.15) is 0 Å². The zero-order valence-electron chi connectivity index (χ0n) is 14.5. The van der Waals surface area contributed by atoms with Crippen molar-refractivity contribution in [1.29, 1.82) is 0 Å². The van der Waals surface area contributed by atoms with Crippen LogP contribution >= 0.6 is 0 Å². The molecule has 0 aliphatic carbocycles. The van der Waals surface area contributed by atoms with E-state index >= 15 is 0 Å². The molecule has 6 heteroatoms. The SMILES string of the molecule is c1ccc(CN2CC3(COc4ccc5nonc5c43)c3ccccc32)nc1. The Bertz CT molecular complexity index is 1160. The Labute approximate surface area is 155 Å². The van der Waals surface area contributed by atoms with Crippen molar-refractivity contribution < 1.29 is 9.37 Å². The first kappa shape index (κ1) is 14.7. The summed E-state index contributed by atoms with van der Waals surface area (Å²) in [6.07, 6.45) is 1.84. The van der Waals surface area contributed by atoms with Gasteiger partial charge in [-0.25, -0.2) is 4.63 Å². The first-order valence-electron chi connectivity index (χ1n) is 8.98. The van der Waals surface area contributed by atoms with Gasteiger partial charge in [-0.3, -0.25) is 4.98 Å². The lowest BCUT2D eigenvalue weighted by Gasteiger charge is -2.24. The molecule has 2 aliphatic rings. The summed E-state index contributed by atoms with van der Waals surface area (Å²) < 4.78 is 11.1. The van der Waals surface area contributed by atoms with E-state index in [4.69, 9.17) is 9.37 Å². The maximum atomic E-state index is 6.12. The highest BCUT2D eigenvalue weighted by Crippen LogP contribution is 2.53. The first-order chi connectivity index (χ1) is 13.4. The lowest BCUT2D eigenvalue weighted by Crippen LogP contribution is -2.36. The van der Waals surface area contributed by atoms with Crippen LogP contribution in [0.4, 0.5) is 5.69 Å². The summed E-state index contributed by atoms with van der Waals surface area (Å²) in [6.45, 7) is 2.15. The predicted molar refractivity (Wildman–Crippen MR) is 99.8 cm³/mol. The Hall–Kier alpha value is -3.41. The van der Waals surface area contributed by atoms with E-state index in [0.29, 0.717) is 6.61 Å². The van der Waals surface area contributed by atoms with Crippen LogP contribution < -0.4 is 9.64 Å². The molecule has 6 rings (SSSR count). The van der Waals surface area contributed by atoms with Crippen LogP contribution in [-0.2, 0) is 12.0 Å². The third kappa shape index (κ3) is 1.98. The molecular formula is C21H16N4O2. The van der Waals surface area contributed by atoms with E-state index < -0.39 is 0 Å². The zero-order chi connectivity index (χ0) is 17.8. The van der Waals surface area contributed by atoms with Crippen molar-refractivity contribution in [1.82, 2.24) is 15.3 Å². The van der Waals surface area contributed by atoms with E-state index in [0.717, 1.165) is 41.1 Å². The average Bonchev–Trinajstić information content (AvgIpc) is 3.40. The molecule has 0 bridgehead atoms. The predicted octanol–water partition coefficient (Wildman–Crippen LogP) is 3.32. The third-order valence-corrected chi connectivity index (χ3v) is 5.64. The molecule has 0 saturated heterocycles. The number of hydrogen-bond donors (Lipinski definition) is 0. The van der Waals surface area contributed by atoms with Crippen LogP contribution in [0, 0.1) is 0 Å². The topological polar surface area (TPSA) is 64.3 Å². The molecule has 1 atom stereocenters. The monoisotopic (exact) mass is 356 g/mol. The maximum Gasteiger partial charge on any atom is 0.143 e. The summed E-state index contributed by atoms with van der Waals surface area (Å²) in [5.41, 5.74) is 5.88. The fourth-order valence-corrected chi connectivity index (χ4v) is 4.50. The number of pyridine rings is 1. The summed E-state index contributed by atoms with van der Waals surface area (Å²) in [6, 6.07) is 18.4. The van der Waals surface area contributed by atoms with E-state index in [1.165, 1.54) is 11.3 Å². The first-order valence-corrected chi connectivity index (χ1v) is 8.98. The third-order valence-electron chi connectivity index (χ3n) is 5.64. The van der Waals surface area contributed by atoms with E-state index in [2.05, 4.69) is 50.5 Å². The minimum atomic E-state index is -0.279. The number of para-hydroxylation sites is 1. The number of ether oxygens (including phenoxy) is 1. The van der Waals surface area contributed by atoms with Gasteiger partial charge in [0.25, 0.3) is 0 Å². The van der Waals surface area contributed by atoms with Gasteiger partial charge in [-0.1, -0.05) is 24.3 Å². The number of rotatable bonds is 2. The zero-order valence-corrected chi connectivity index (χ0v) is 14.5. The number of hydrogen-bond acceptors (Lipinski definition) is 6. The van der Waals surface area contributed by atoms with Crippen LogP contribution in [0.5, 0.6) is 5.75 Å². The van der Waals surface area contributed by atoms with E-state index in [1.807, 2.05) is 30.5 Å². The van der Waals surface area contributed by atoms with E-state index in [1.54, 1.807) is 0 Å². The second-order valence-corrected chi connectivity index (χ2v) is 7.14. The van der Waals surface area contributed by atoms with Gasteiger partial charge in [-0.05, 0) is 46.2 Å². The van der Waals surface area contributed by atoms with Gasteiger partial charge < -0.3 is 9.64 Å². The van der Waals surface area contributed by atoms with Crippen molar-refractivity contribution in [3.05, 3.63) is 77.6 Å². The summed E-state index contributed by atoms with van der Waals surface area (Å²) in [5, 5.41) is 8.22. The fourth-order valence-electron chi connectivity index (χ4n) is 4.50. The Balaban J connectivity index is 1.53. The highest BCUT2D eigenvalue weighted by atomic mass is 16.6. The quantitative estimate of drug-likeness (QED) is 0.549. The maximum absolute atomic E-state index is 6.12. The molecule has 2 aliphatic heterocycles. The second-order valence-electron chi connectivity index (χ2n) is 7.14. The van der Waals surface area contributed by atoms with Crippen LogP contribution in [0.15, 0.2) is 65.4 Å². The van der Waals surface area contributed by atoms with Crippen LogP contribution in [0.3, 0.4) is 0 Å². The summed E-state index contributed by atoms with van der Waals surface area (Å²) in [4.78, 5) is 6.88. The molecule has 6 nitrogen and oxygen atoms in total. The van der Waals surface area contributed by atoms with Crippen LogP contribution in [0.25, 0.3) is 11.0 Å².